The smallest absolute Gasteiger partial charge is 0.195 e. The second kappa shape index (κ2) is 17.4. The molecule has 0 bridgehead atoms. The second-order valence-electron chi connectivity index (χ2n) is 7.89. The van der Waals surface area contributed by atoms with Crippen LogP contribution in [0.2, 0.25) is 0 Å². The Balaban J connectivity index is 0.00000512. The second-order valence-corrected chi connectivity index (χ2v) is 7.89. The standard InChI is InChI=1S/C23H40N4O4.HI/c1-19(2)31-22-8-6-21(7-9-22)26-23(24-10-5-13-29-17-16-28-4)25-18-20(3)27-11-14-30-15-12-27;/h6-9,19-20H,5,10-18H2,1-4H3,(H2,24,25,26);1H. The third-order valence-corrected chi connectivity index (χ3v) is 4.86. The minimum Gasteiger partial charge on any atom is -0.491 e. The van der Waals surface area contributed by atoms with Crippen molar-refractivity contribution in [2.24, 2.45) is 4.99 Å². The number of hydrogen-bond donors (Lipinski definition) is 2. The normalized spacial score (nSPS) is 15.8. The number of guanidine groups is 1. The molecule has 0 saturated carbocycles. The van der Waals surface area contributed by atoms with E-state index in [4.69, 9.17) is 23.9 Å². The Hall–Kier alpha value is -1.14. The van der Waals surface area contributed by atoms with Crippen molar-refractivity contribution >= 4 is 35.6 Å². The molecule has 1 atom stereocenters. The highest BCUT2D eigenvalue weighted by Crippen LogP contribution is 2.17. The van der Waals surface area contributed by atoms with Gasteiger partial charge in [-0.2, -0.15) is 0 Å². The molecule has 1 aromatic rings. The highest BCUT2D eigenvalue weighted by atomic mass is 127. The van der Waals surface area contributed by atoms with E-state index in [2.05, 4.69) is 22.5 Å². The van der Waals surface area contributed by atoms with Gasteiger partial charge in [-0.3, -0.25) is 9.89 Å². The monoisotopic (exact) mass is 564 g/mol. The highest BCUT2D eigenvalue weighted by molar-refractivity contribution is 14.0. The Morgan fingerprint density at radius 2 is 1.81 bits per heavy atom. The Labute approximate surface area is 210 Å². The summed E-state index contributed by atoms with van der Waals surface area (Å²) in [6, 6.07) is 8.32. The molecule has 8 nitrogen and oxygen atoms in total. The van der Waals surface area contributed by atoms with Crippen molar-refractivity contribution in [3.63, 3.8) is 0 Å². The molecule has 2 N–H and O–H groups in total. The molecule has 0 aliphatic carbocycles. The number of morpholine rings is 1. The summed E-state index contributed by atoms with van der Waals surface area (Å²) in [5.41, 5.74) is 0.970. The van der Waals surface area contributed by atoms with E-state index in [-0.39, 0.29) is 30.1 Å². The quantitative estimate of drug-likeness (QED) is 0.165. The van der Waals surface area contributed by atoms with Crippen molar-refractivity contribution in [1.82, 2.24) is 10.2 Å². The van der Waals surface area contributed by atoms with Gasteiger partial charge in [-0.05, 0) is 51.5 Å². The first-order valence-electron chi connectivity index (χ1n) is 11.3. The molecule has 0 aromatic heterocycles. The first-order valence-corrected chi connectivity index (χ1v) is 11.3. The van der Waals surface area contributed by atoms with Crippen LogP contribution in [-0.2, 0) is 14.2 Å². The molecule has 0 radical (unpaired) electrons. The van der Waals surface area contributed by atoms with E-state index in [9.17, 15) is 0 Å². The van der Waals surface area contributed by atoms with Crippen molar-refractivity contribution in [3.8, 4) is 5.75 Å². The van der Waals surface area contributed by atoms with Crippen LogP contribution in [-0.4, -0.2) is 89.3 Å². The lowest BCUT2D eigenvalue weighted by Crippen LogP contribution is -2.44. The van der Waals surface area contributed by atoms with Crippen LogP contribution in [0.5, 0.6) is 5.75 Å². The summed E-state index contributed by atoms with van der Waals surface area (Å²) in [6.45, 7) is 13.2. The van der Waals surface area contributed by atoms with E-state index in [1.807, 2.05) is 38.1 Å². The van der Waals surface area contributed by atoms with Gasteiger partial charge in [0.15, 0.2) is 5.96 Å². The number of benzene rings is 1. The van der Waals surface area contributed by atoms with Gasteiger partial charge < -0.3 is 29.6 Å². The SMILES string of the molecule is COCCOCCCNC(=NCC(C)N1CCOCC1)Nc1ccc(OC(C)C)cc1.I. The molecule has 1 fully saturated rings. The Morgan fingerprint density at radius 3 is 2.47 bits per heavy atom. The van der Waals surface area contributed by atoms with E-state index >= 15 is 0 Å². The van der Waals surface area contributed by atoms with Crippen molar-refractivity contribution in [3.05, 3.63) is 24.3 Å². The number of ether oxygens (including phenoxy) is 4. The highest BCUT2D eigenvalue weighted by Gasteiger charge is 2.16. The fraction of sp³-hybridized carbons (Fsp3) is 0.696. The van der Waals surface area contributed by atoms with Gasteiger partial charge in [-0.1, -0.05) is 0 Å². The summed E-state index contributed by atoms with van der Waals surface area (Å²) >= 11 is 0. The first kappa shape index (κ1) is 28.9. The van der Waals surface area contributed by atoms with Crippen molar-refractivity contribution < 1.29 is 18.9 Å². The molecule has 1 unspecified atom stereocenters. The molecular formula is C23H41IN4O4. The van der Waals surface area contributed by atoms with E-state index in [1.54, 1.807) is 7.11 Å². The summed E-state index contributed by atoms with van der Waals surface area (Å²) in [4.78, 5) is 7.25. The molecular weight excluding hydrogens is 523 g/mol. The fourth-order valence-corrected chi connectivity index (χ4v) is 3.15. The molecule has 1 aliphatic heterocycles. The summed E-state index contributed by atoms with van der Waals surface area (Å²) in [7, 11) is 1.68. The molecule has 32 heavy (non-hydrogen) atoms. The maximum absolute atomic E-state index is 5.73. The van der Waals surface area contributed by atoms with Gasteiger partial charge in [0.2, 0.25) is 0 Å². The van der Waals surface area contributed by atoms with Crippen LogP contribution in [0.15, 0.2) is 29.3 Å². The molecule has 0 amide bonds. The summed E-state index contributed by atoms with van der Waals surface area (Å²) in [5, 5.41) is 6.83. The van der Waals surface area contributed by atoms with Crippen molar-refractivity contribution in [2.75, 3.05) is 71.6 Å². The average molecular weight is 565 g/mol. The largest absolute Gasteiger partial charge is 0.491 e. The van der Waals surface area contributed by atoms with Gasteiger partial charge in [-0.15, -0.1) is 24.0 Å². The summed E-state index contributed by atoms with van der Waals surface area (Å²) in [6.07, 6.45) is 1.05. The lowest BCUT2D eigenvalue weighted by molar-refractivity contribution is 0.0220. The molecule has 184 valence electrons. The van der Waals surface area contributed by atoms with Crippen LogP contribution in [0, 0.1) is 0 Å². The number of methoxy groups -OCH3 is 1. The average Bonchev–Trinajstić information content (AvgIpc) is 2.78. The molecule has 1 heterocycles. The van der Waals surface area contributed by atoms with E-state index in [1.165, 1.54) is 0 Å². The molecule has 9 heteroatoms. The lowest BCUT2D eigenvalue weighted by Gasteiger charge is -2.31. The van der Waals surface area contributed by atoms with Gasteiger partial charge >= 0.3 is 0 Å². The molecule has 1 aliphatic rings. The summed E-state index contributed by atoms with van der Waals surface area (Å²) < 4.78 is 21.7. The maximum atomic E-state index is 5.73. The first-order chi connectivity index (χ1) is 15.1. The third-order valence-electron chi connectivity index (χ3n) is 4.86. The summed E-state index contributed by atoms with van der Waals surface area (Å²) in [5.74, 6) is 1.63. The van der Waals surface area contributed by atoms with Crippen molar-refractivity contribution in [1.29, 1.82) is 0 Å². The third kappa shape index (κ3) is 12.2. The predicted molar refractivity (Wildman–Crippen MR) is 141 cm³/mol. The van der Waals surface area contributed by atoms with E-state index in [0.29, 0.717) is 32.4 Å². The van der Waals surface area contributed by atoms with Crippen molar-refractivity contribution in [2.45, 2.75) is 39.3 Å². The van der Waals surface area contributed by atoms with Gasteiger partial charge in [-0.25, -0.2) is 0 Å². The van der Waals surface area contributed by atoms with E-state index in [0.717, 1.165) is 56.7 Å². The minimum atomic E-state index is 0. The lowest BCUT2D eigenvalue weighted by atomic mass is 10.2. The van der Waals surface area contributed by atoms with Crippen LogP contribution >= 0.6 is 24.0 Å². The van der Waals surface area contributed by atoms with Crippen LogP contribution in [0.25, 0.3) is 0 Å². The Bertz CT molecular complexity index is 625. The van der Waals surface area contributed by atoms with Gasteiger partial charge in [0.25, 0.3) is 0 Å². The number of halogens is 1. The zero-order valence-corrected chi connectivity index (χ0v) is 22.3. The number of nitrogens with zero attached hydrogens (tertiary/aromatic N) is 2. The van der Waals surface area contributed by atoms with Crippen LogP contribution in [0.1, 0.15) is 27.2 Å². The van der Waals surface area contributed by atoms with Crippen LogP contribution in [0.3, 0.4) is 0 Å². The predicted octanol–water partition coefficient (Wildman–Crippen LogP) is 3.22. The Kier molecular flexibility index (Phi) is 15.7. The molecule has 1 saturated heterocycles. The van der Waals surface area contributed by atoms with Gasteiger partial charge in [0.05, 0.1) is 39.1 Å². The van der Waals surface area contributed by atoms with Crippen LogP contribution in [0.4, 0.5) is 5.69 Å². The topological polar surface area (TPSA) is 76.6 Å². The zero-order chi connectivity index (χ0) is 22.3. The molecule has 1 aromatic carbocycles. The molecule has 2 rings (SSSR count). The van der Waals surface area contributed by atoms with E-state index < -0.39 is 0 Å². The number of hydrogen-bond acceptors (Lipinski definition) is 6. The minimum absolute atomic E-state index is 0. The fourth-order valence-electron chi connectivity index (χ4n) is 3.15. The maximum Gasteiger partial charge on any atom is 0.195 e. The number of anilines is 1. The van der Waals surface area contributed by atoms with Gasteiger partial charge in [0, 0.05) is 45.1 Å². The molecule has 0 spiro atoms. The number of rotatable bonds is 13. The number of nitrogens with one attached hydrogen (secondary N) is 2. The van der Waals surface area contributed by atoms with Crippen LogP contribution < -0.4 is 15.4 Å². The number of aliphatic imine (C=N–C) groups is 1. The van der Waals surface area contributed by atoms with Gasteiger partial charge in [0.1, 0.15) is 5.75 Å². The Morgan fingerprint density at radius 1 is 1.09 bits per heavy atom. The zero-order valence-electron chi connectivity index (χ0n) is 20.0.